The first kappa shape index (κ1) is 14.1. The molecule has 0 saturated carbocycles. The lowest BCUT2D eigenvalue weighted by Gasteiger charge is -2.51. The van der Waals surface area contributed by atoms with Gasteiger partial charge < -0.3 is 15.6 Å². The highest BCUT2D eigenvalue weighted by atomic mass is 16.5. The Bertz CT molecular complexity index is 513. The molecule has 2 unspecified atom stereocenters. The Balaban J connectivity index is 2.06. The second-order valence-electron chi connectivity index (χ2n) is 7.01. The summed E-state index contributed by atoms with van der Waals surface area (Å²) >= 11 is 0. The summed E-state index contributed by atoms with van der Waals surface area (Å²) in [7, 11) is 0. The Labute approximate surface area is 121 Å². The fourth-order valence-corrected chi connectivity index (χ4v) is 4.32. The second kappa shape index (κ2) is 4.55. The molecule has 3 N–H and O–H groups in total. The fourth-order valence-electron chi connectivity index (χ4n) is 4.32. The van der Waals surface area contributed by atoms with Gasteiger partial charge in [0, 0.05) is 24.8 Å². The Kier molecular flexibility index (Phi) is 3.20. The average molecular weight is 275 g/mol. The maximum absolute atomic E-state index is 11.4. The van der Waals surface area contributed by atoms with Crippen molar-refractivity contribution in [2.45, 2.75) is 56.1 Å². The highest BCUT2D eigenvalue weighted by Crippen LogP contribution is 2.51. The van der Waals surface area contributed by atoms with Crippen molar-refractivity contribution < 1.29 is 9.84 Å². The molecule has 0 bridgehead atoms. The standard InChI is InChI=1S/C17H25NO2/c1-15(2)11-17(19,9-10-20-15)16(12-18)8-7-13-5-3-4-6-14(13)16/h3-6,19H,7-12,18H2,1-2H3. The van der Waals surface area contributed by atoms with Gasteiger partial charge in [-0.15, -0.1) is 0 Å². The van der Waals surface area contributed by atoms with E-state index in [2.05, 4.69) is 38.1 Å². The molecule has 0 aromatic heterocycles. The Morgan fingerprint density at radius 2 is 2.00 bits per heavy atom. The smallest absolute Gasteiger partial charge is 0.0805 e. The number of benzene rings is 1. The van der Waals surface area contributed by atoms with Crippen LogP contribution in [0, 0.1) is 0 Å². The van der Waals surface area contributed by atoms with Crippen molar-refractivity contribution in [1.82, 2.24) is 0 Å². The number of hydrogen-bond acceptors (Lipinski definition) is 3. The Hall–Kier alpha value is -0.900. The van der Waals surface area contributed by atoms with E-state index in [0.29, 0.717) is 26.0 Å². The highest BCUT2D eigenvalue weighted by molar-refractivity contribution is 5.43. The quantitative estimate of drug-likeness (QED) is 0.869. The number of hydrogen-bond donors (Lipinski definition) is 2. The minimum absolute atomic E-state index is 0.285. The molecule has 20 heavy (non-hydrogen) atoms. The van der Waals surface area contributed by atoms with Gasteiger partial charge in [0.15, 0.2) is 0 Å². The summed E-state index contributed by atoms with van der Waals surface area (Å²) in [6, 6.07) is 8.45. The van der Waals surface area contributed by atoms with Crippen molar-refractivity contribution in [3.8, 4) is 0 Å². The molecule has 0 radical (unpaired) electrons. The molecule has 1 aromatic carbocycles. The van der Waals surface area contributed by atoms with Crippen LogP contribution in [0.25, 0.3) is 0 Å². The second-order valence-corrected chi connectivity index (χ2v) is 7.01. The summed E-state index contributed by atoms with van der Waals surface area (Å²) in [6.07, 6.45) is 3.26. The van der Waals surface area contributed by atoms with Gasteiger partial charge in [-0.3, -0.25) is 0 Å². The van der Waals surface area contributed by atoms with Gasteiger partial charge in [0.25, 0.3) is 0 Å². The van der Waals surface area contributed by atoms with Gasteiger partial charge in [-0.25, -0.2) is 0 Å². The van der Waals surface area contributed by atoms with E-state index < -0.39 is 5.60 Å². The van der Waals surface area contributed by atoms with Crippen molar-refractivity contribution in [1.29, 1.82) is 0 Å². The van der Waals surface area contributed by atoms with Crippen LogP contribution < -0.4 is 5.73 Å². The van der Waals surface area contributed by atoms with Crippen molar-refractivity contribution in [3.05, 3.63) is 35.4 Å². The van der Waals surface area contributed by atoms with Crippen LogP contribution >= 0.6 is 0 Å². The molecule has 1 saturated heterocycles. The SMILES string of the molecule is CC1(C)CC(O)(C2(CN)CCc3ccccc32)CCO1. The van der Waals surface area contributed by atoms with E-state index in [1.54, 1.807) is 0 Å². The molecule has 1 heterocycles. The largest absolute Gasteiger partial charge is 0.389 e. The van der Waals surface area contributed by atoms with Crippen LogP contribution in [-0.2, 0) is 16.6 Å². The Morgan fingerprint density at radius 1 is 1.25 bits per heavy atom. The van der Waals surface area contributed by atoms with Crippen molar-refractivity contribution in [2.75, 3.05) is 13.2 Å². The minimum atomic E-state index is -0.768. The zero-order valence-corrected chi connectivity index (χ0v) is 12.5. The molecule has 2 aliphatic rings. The molecule has 1 aromatic rings. The van der Waals surface area contributed by atoms with Gasteiger partial charge in [0.1, 0.15) is 0 Å². The molecular formula is C17H25NO2. The lowest BCUT2D eigenvalue weighted by atomic mass is 9.62. The molecule has 1 aliphatic heterocycles. The van der Waals surface area contributed by atoms with Gasteiger partial charge in [-0.05, 0) is 37.8 Å². The van der Waals surface area contributed by atoms with E-state index in [-0.39, 0.29) is 11.0 Å². The molecule has 1 fully saturated rings. The van der Waals surface area contributed by atoms with Crippen LogP contribution in [0.15, 0.2) is 24.3 Å². The highest BCUT2D eigenvalue weighted by Gasteiger charge is 2.56. The lowest BCUT2D eigenvalue weighted by molar-refractivity contribution is -0.173. The molecule has 3 heteroatoms. The van der Waals surface area contributed by atoms with Crippen LogP contribution in [0.2, 0.25) is 0 Å². The molecule has 0 amide bonds. The molecule has 110 valence electrons. The van der Waals surface area contributed by atoms with E-state index in [1.807, 2.05) is 0 Å². The van der Waals surface area contributed by atoms with Gasteiger partial charge in [-0.2, -0.15) is 0 Å². The van der Waals surface area contributed by atoms with E-state index in [4.69, 9.17) is 10.5 Å². The molecule has 0 spiro atoms. The molecule has 2 atom stereocenters. The Morgan fingerprint density at radius 3 is 2.70 bits per heavy atom. The predicted molar refractivity (Wildman–Crippen MR) is 79.7 cm³/mol. The predicted octanol–water partition coefficient (Wildman–Crippen LogP) is 2.15. The summed E-state index contributed by atoms with van der Waals surface area (Å²) in [5, 5.41) is 11.4. The maximum Gasteiger partial charge on any atom is 0.0805 e. The number of aryl methyl sites for hydroxylation is 1. The lowest BCUT2D eigenvalue weighted by Crippen LogP contribution is -2.60. The van der Waals surface area contributed by atoms with Gasteiger partial charge in [0.05, 0.1) is 17.8 Å². The third kappa shape index (κ3) is 1.92. The molecular weight excluding hydrogens is 250 g/mol. The van der Waals surface area contributed by atoms with E-state index in [1.165, 1.54) is 11.1 Å². The van der Waals surface area contributed by atoms with E-state index in [9.17, 15) is 5.11 Å². The maximum atomic E-state index is 11.4. The number of ether oxygens (including phenoxy) is 1. The zero-order valence-electron chi connectivity index (χ0n) is 12.5. The summed E-state index contributed by atoms with van der Waals surface area (Å²) in [6.45, 7) is 5.22. The third-order valence-corrected chi connectivity index (χ3v) is 5.32. The first-order valence-electron chi connectivity index (χ1n) is 7.57. The minimum Gasteiger partial charge on any atom is -0.389 e. The van der Waals surface area contributed by atoms with Crippen LogP contribution in [0.3, 0.4) is 0 Å². The topological polar surface area (TPSA) is 55.5 Å². The normalized spacial score (nSPS) is 35.8. The first-order chi connectivity index (χ1) is 9.43. The van der Waals surface area contributed by atoms with Gasteiger partial charge in [0.2, 0.25) is 0 Å². The number of rotatable bonds is 2. The number of nitrogens with two attached hydrogens (primary N) is 1. The summed E-state index contributed by atoms with van der Waals surface area (Å²) in [4.78, 5) is 0. The van der Waals surface area contributed by atoms with Gasteiger partial charge >= 0.3 is 0 Å². The first-order valence-corrected chi connectivity index (χ1v) is 7.57. The van der Waals surface area contributed by atoms with E-state index in [0.717, 1.165) is 12.8 Å². The van der Waals surface area contributed by atoms with Crippen molar-refractivity contribution >= 4 is 0 Å². The van der Waals surface area contributed by atoms with Crippen LogP contribution in [0.4, 0.5) is 0 Å². The van der Waals surface area contributed by atoms with Crippen LogP contribution in [0.1, 0.15) is 44.2 Å². The van der Waals surface area contributed by atoms with E-state index >= 15 is 0 Å². The third-order valence-electron chi connectivity index (χ3n) is 5.32. The van der Waals surface area contributed by atoms with Gasteiger partial charge in [-0.1, -0.05) is 24.3 Å². The molecule has 1 aliphatic carbocycles. The monoisotopic (exact) mass is 275 g/mol. The number of aliphatic hydroxyl groups is 1. The average Bonchev–Trinajstić information content (AvgIpc) is 2.77. The van der Waals surface area contributed by atoms with Crippen molar-refractivity contribution in [3.63, 3.8) is 0 Å². The zero-order chi connectivity index (χ0) is 14.4. The summed E-state index contributed by atoms with van der Waals surface area (Å²) in [5.74, 6) is 0. The molecule has 3 nitrogen and oxygen atoms in total. The fraction of sp³-hybridized carbons (Fsp3) is 0.647. The molecule has 3 rings (SSSR count). The van der Waals surface area contributed by atoms with Crippen LogP contribution in [0.5, 0.6) is 0 Å². The van der Waals surface area contributed by atoms with Crippen molar-refractivity contribution in [2.24, 2.45) is 5.73 Å². The number of fused-ring (bicyclic) bond motifs is 1. The summed E-state index contributed by atoms with van der Waals surface area (Å²) in [5.41, 5.74) is 7.42. The van der Waals surface area contributed by atoms with Crippen LogP contribution in [-0.4, -0.2) is 29.5 Å². The summed E-state index contributed by atoms with van der Waals surface area (Å²) < 4.78 is 5.80.